The van der Waals surface area contributed by atoms with Crippen molar-refractivity contribution in [2.24, 2.45) is 5.92 Å². The fraction of sp³-hybridized carbons (Fsp3) is 0.333. The fourth-order valence-corrected chi connectivity index (χ4v) is 2.26. The van der Waals surface area contributed by atoms with E-state index in [-0.39, 0.29) is 5.56 Å². The van der Waals surface area contributed by atoms with Gasteiger partial charge in [-0.2, -0.15) is 0 Å². The third kappa shape index (κ3) is 1.83. The Balaban J connectivity index is 2.09. The molecule has 4 nitrogen and oxygen atoms in total. The average molecular weight is 250 g/mol. The molecule has 0 atom stereocenters. The topological polar surface area (TPSA) is 46.9 Å². The summed E-state index contributed by atoms with van der Waals surface area (Å²) in [7, 11) is 0. The van der Waals surface area contributed by atoms with Crippen LogP contribution in [0.1, 0.15) is 0 Å². The van der Waals surface area contributed by atoms with Crippen molar-refractivity contribution in [2.45, 2.75) is 6.54 Å². The number of aromatic nitrogens is 2. The molecule has 1 aromatic heterocycles. The van der Waals surface area contributed by atoms with Crippen LogP contribution in [0.25, 0.3) is 10.9 Å². The molecule has 1 saturated heterocycles. The smallest absolute Gasteiger partial charge is 0.261 e. The Morgan fingerprint density at radius 1 is 1.47 bits per heavy atom. The number of hydrogen-bond acceptors (Lipinski definition) is 3. The molecule has 0 aliphatic carbocycles. The predicted octanol–water partition coefficient (Wildman–Crippen LogP) is 1.27. The summed E-state index contributed by atoms with van der Waals surface area (Å²) in [5.74, 6) is 0.533. The number of para-hydroxylation sites is 1. The van der Waals surface area contributed by atoms with E-state index in [1.807, 2.05) is 0 Å². The monoisotopic (exact) mass is 249 g/mol. The molecule has 0 amide bonds. The maximum atomic E-state index is 12.2. The zero-order valence-electron chi connectivity index (χ0n) is 9.19. The normalized spacial score (nSPS) is 16.1. The zero-order valence-corrected chi connectivity index (χ0v) is 9.94. The lowest BCUT2D eigenvalue weighted by Gasteiger charge is -2.27. The molecule has 0 unspecified atom stereocenters. The standard InChI is InChI=1S/C12H12ClN3O/c13-10-3-1-2-9-11(10)15-7-16(12(9)17)6-8-4-14-5-8/h1-3,7-8,14H,4-6H2. The molecule has 3 rings (SSSR count). The van der Waals surface area contributed by atoms with Gasteiger partial charge in [0.2, 0.25) is 0 Å². The molecule has 2 heterocycles. The second-order valence-corrected chi connectivity index (χ2v) is 4.77. The second kappa shape index (κ2) is 4.13. The van der Waals surface area contributed by atoms with E-state index < -0.39 is 0 Å². The van der Waals surface area contributed by atoms with Gasteiger partial charge in [0.05, 0.1) is 22.3 Å². The predicted molar refractivity (Wildman–Crippen MR) is 67.4 cm³/mol. The molecular formula is C12H12ClN3O. The van der Waals surface area contributed by atoms with Crippen LogP contribution in [0.15, 0.2) is 29.3 Å². The largest absolute Gasteiger partial charge is 0.316 e. The summed E-state index contributed by atoms with van der Waals surface area (Å²) in [4.78, 5) is 16.5. The minimum atomic E-state index is -0.00981. The second-order valence-electron chi connectivity index (χ2n) is 4.36. The Morgan fingerprint density at radius 2 is 2.29 bits per heavy atom. The molecule has 17 heavy (non-hydrogen) atoms. The molecule has 0 spiro atoms. The highest BCUT2D eigenvalue weighted by Gasteiger charge is 2.18. The maximum Gasteiger partial charge on any atom is 0.261 e. The molecule has 1 fully saturated rings. The van der Waals surface area contributed by atoms with Gasteiger partial charge in [-0.25, -0.2) is 4.98 Å². The molecule has 0 radical (unpaired) electrons. The molecule has 2 aromatic rings. The minimum absolute atomic E-state index is 0.00981. The van der Waals surface area contributed by atoms with E-state index in [1.165, 1.54) is 0 Å². The number of hydrogen-bond donors (Lipinski definition) is 1. The van der Waals surface area contributed by atoms with Crippen molar-refractivity contribution in [2.75, 3.05) is 13.1 Å². The van der Waals surface area contributed by atoms with E-state index in [0.717, 1.165) is 19.6 Å². The lowest BCUT2D eigenvalue weighted by Crippen LogP contribution is -2.45. The maximum absolute atomic E-state index is 12.2. The summed E-state index contributed by atoms with van der Waals surface area (Å²) in [6.45, 7) is 2.67. The molecule has 1 aromatic carbocycles. The highest BCUT2D eigenvalue weighted by molar-refractivity contribution is 6.34. The Kier molecular flexibility index (Phi) is 2.61. The van der Waals surface area contributed by atoms with E-state index in [9.17, 15) is 4.79 Å². The summed E-state index contributed by atoms with van der Waals surface area (Å²) in [5, 5.41) is 4.31. The summed E-state index contributed by atoms with van der Waals surface area (Å²) < 4.78 is 1.67. The number of fused-ring (bicyclic) bond motifs is 1. The fourth-order valence-electron chi connectivity index (χ4n) is 2.04. The van der Waals surface area contributed by atoms with Crippen LogP contribution >= 0.6 is 11.6 Å². The van der Waals surface area contributed by atoms with Gasteiger partial charge in [0.15, 0.2) is 0 Å². The van der Waals surface area contributed by atoms with Gasteiger partial charge in [-0.05, 0) is 12.1 Å². The van der Waals surface area contributed by atoms with Crippen molar-refractivity contribution >= 4 is 22.5 Å². The zero-order chi connectivity index (χ0) is 11.8. The molecule has 5 heteroatoms. The third-order valence-corrected chi connectivity index (χ3v) is 3.43. The van der Waals surface area contributed by atoms with Gasteiger partial charge in [0, 0.05) is 25.6 Å². The van der Waals surface area contributed by atoms with Crippen LogP contribution in [0.4, 0.5) is 0 Å². The van der Waals surface area contributed by atoms with Gasteiger partial charge in [-0.3, -0.25) is 9.36 Å². The molecule has 0 saturated carbocycles. The first kappa shape index (κ1) is 10.7. The summed E-state index contributed by atoms with van der Waals surface area (Å²) >= 11 is 6.00. The van der Waals surface area contributed by atoms with Crippen LogP contribution < -0.4 is 10.9 Å². The van der Waals surface area contributed by atoms with Crippen molar-refractivity contribution in [1.29, 1.82) is 0 Å². The van der Waals surface area contributed by atoms with E-state index in [0.29, 0.717) is 21.8 Å². The van der Waals surface area contributed by atoms with Crippen LogP contribution in [0.2, 0.25) is 5.02 Å². The number of rotatable bonds is 2. The van der Waals surface area contributed by atoms with Gasteiger partial charge in [-0.1, -0.05) is 17.7 Å². The first-order chi connectivity index (χ1) is 8.25. The van der Waals surface area contributed by atoms with Crippen molar-refractivity contribution in [1.82, 2.24) is 14.9 Å². The van der Waals surface area contributed by atoms with E-state index in [1.54, 1.807) is 29.1 Å². The minimum Gasteiger partial charge on any atom is -0.316 e. The van der Waals surface area contributed by atoms with E-state index in [2.05, 4.69) is 10.3 Å². The first-order valence-corrected chi connectivity index (χ1v) is 5.98. The molecule has 1 N–H and O–H groups in total. The van der Waals surface area contributed by atoms with Crippen LogP contribution in [-0.2, 0) is 6.54 Å². The lowest BCUT2D eigenvalue weighted by molar-refractivity contribution is 0.303. The average Bonchev–Trinajstić information content (AvgIpc) is 2.27. The number of nitrogens with one attached hydrogen (secondary N) is 1. The van der Waals surface area contributed by atoms with Gasteiger partial charge >= 0.3 is 0 Å². The van der Waals surface area contributed by atoms with Gasteiger partial charge in [0.1, 0.15) is 0 Å². The Labute approximate surface area is 103 Å². The van der Waals surface area contributed by atoms with Crippen molar-refractivity contribution in [3.63, 3.8) is 0 Å². The van der Waals surface area contributed by atoms with Crippen LogP contribution in [0.3, 0.4) is 0 Å². The number of nitrogens with zero attached hydrogens (tertiary/aromatic N) is 2. The van der Waals surface area contributed by atoms with Gasteiger partial charge < -0.3 is 5.32 Å². The number of benzene rings is 1. The SMILES string of the molecule is O=c1c2cccc(Cl)c2ncn1CC1CNC1. The molecule has 88 valence electrons. The summed E-state index contributed by atoms with van der Waals surface area (Å²) in [5.41, 5.74) is 0.576. The Morgan fingerprint density at radius 3 is 3.00 bits per heavy atom. The summed E-state index contributed by atoms with van der Waals surface area (Å²) in [6.07, 6.45) is 1.59. The molecule has 1 aliphatic rings. The lowest BCUT2D eigenvalue weighted by atomic mass is 10.0. The molecule has 0 bridgehead atoms. The summed E-state index contributed by atoms with van der Waals surface area (Å²) in [6, 6.07) is 5.30. The van der Waals surface area contributed by atoms with Crippen LogP contribution in [0.5, 0.6) is 0 Å². The quantitative estimate of drug-likeness (QED) is 0.872. The Bertz CT molecular complexity index is 619. The van der Waals surface area contributed by atoms with Gasteiger partial charge in [0.25, 0.3) is 5.56 Å². The highest BCUT2D eigenvalue weighted by Crippen LogP contribution is 2.18. The highest BCUT2D eigenvalue weighted by atomic mass is 35.5. The Hall–Kier alpha value is -1.39. The molecule has 1 aliphatic heterocycles. The van der Waals surface area contributed by atoms with Gasteiger partial charge in [-0.15, -0.1) is 0 Å². The molecular weight excluding hydrogens is 238 g/mol. The van der Waals surface area contributed by atoms with Crippen molar-refractivity contribution in [3.05, 3.63) is 39.9 Å². The van der Waals surface area contributed by atoms with Crippen LogP contribution in [-0.4, -0.2) is 22.6 Å². The first-order valence-electron chi connectivity index (χ1n) is 5.60. The van der Waals surface area contributed by atoms with Crippen molar-refractivity contribution in [3.8, 4) is 0 Å². The third-order valence-electron chi connectivity index (χ3n) is 3.13. The van der Waals surface area contributed by atoms with E-state index >= 15 is 0 Å². The number of halogens is 1. The van der Waals surface area contributed by atoms with E-state index in [4.69, 9.17) is 11.6 Å². The van der Waals surface area contributed by atoms with Crippen LogP contribution in [0, 0.1) is 5.92 Å². The van der Waals surface area contributed by atoms with Crippen molar-refractivity contribution < 1.29 is 0 Å².